The molecular formula is C23H29FN6O. The normalized spacial score (nSPS) is 18.8. The van der Waals surface area contributed by atoms with Crippen molar-refractivity contribution in [3.63, 3.8) is 0 Å². The van der Waals surface area contributed by atoms with E-state index >= 15 is 0 Å². The Labute approximate surface area is 181 Å². The van der Waals surface area contributed by atoms with Gasteiger partial charge in [0.15, 0.2) is 0 Å². The van der Waals surface area contributed by atoms with Crippen LogP contribution in [0.5, 0.6) is 5.75 Å². The molecule has 3 aromatic rings. The van der Waals surface area contributed by atoms with Crippen molar-refractivity contribution in [1.29, 1.82) is 0 Å². The third kappa shape index (κ3) is 4.12. The SMILES string of the molecule is CN1C(C)(C)CC(Nc2ccc(-c3cc(F)c(-c4cn[nH]c4)cc3O)nn2)CC1(C)C. The van der Waals surface area contributed by atoms with Gasteiger partial charge >= 0.3 is 0 Å². The molecule has 3 N–H and O–H groups in total. The zero-order valence-electron chi connectivity index (χ0n) is 18.6. The van der Waals surface area contributed by atoms with Crippen LogP contribution in [0.3, 0.4) is 0 Å². The van der Waals surface area contributed by atoms with E-state index in [0.717, 1.165) is 12.8 Å². The number of benzene rings is 1. The third-order valence-electron chi connectivity index (χ3n) is 6.49. The van der Waals surface area contributed by atoms with Crippen LogP contribution in [0, 0.1) is 5.82 Å². The quantitative estimate of drug-likeness (QED) is 0.574. The molecule has 1 fully saturated rings. The van der Waals surface area contributed by atoms with Gasteiger partial charge in [-0.3, -0.25) is 10.00 Å². The van der Waals surface area contributed by atoms with Gasteiger partial charge in [0, 0.05) is 40.0 Å². The first-order chi connectivity index (χ1) is 14.6. The second-order valence-corrected chi connectivity index (χ2v) is 9.57. The van der Waals surface area contributed by atoms with Gasteiger partial charge in [0.2, 0.25) is 0 Å². The lowest BCUT2D eigenvalue weighted by Gasteiger charge is -2.53. The van der Waals surface area contributed by atoms with Crippen molar-refractivity contribution in [2.75, 3.05) is 12.4 Å². The molecule has 1 aliphatic heterocycles. The molecular weight excluding hydrogens is 395 g/mol. The highest BCUT2D eigenvalue weighted by Crippen LogP contribution is 2.38. The molecule has 0 unspecified atom stereocenters. The van der Waals surface area contributed by atoms with Crippen molar-refractivity contribution in [3.8, 4) is 28.1 Å². The van der Waals surface area contributed by atoms with Gasteiger partial charge in [0.05, 0.1) is 11.9 Å². The van der Waals surface area contributed by atoms with Crippen molar-refractivity contribution in [2.45, 2.75) is 57.7 Å². The summed E-state index contributed by atoms with van der Waals surface area (Å²) in [6, 6.07) is 6.48. The van der Waals surface area contributed by atoms with Gasteiger partial charge in [-0.15, -0.1) is 10.2 Å². The van der Waals surface area contributed by atoms with E-state index in [1.165, 1.54) is 18.3 Å². The molecule has 0 spiro atoms. The largest absolute Gasteiger partial charge is 0.507 e. The number of anilines is 1. The Bertz CT molecular complexity index is 1040. The van der Waals surface area contributed by atoms with Crippen molar-refractivity contribution in [1.82, 2.24) is 25.3 Å². The highest BCUT2D eigenvalue weighted by molar-refractivity contribution is 5.74. The number of H-pyrrole nitrogens is 1. The van der Waals surface area contributed by atoms with Crippen molar-refractivity contribution in [2.24, 2.45) is 0 Å². The fourth-order valence-corrected chi connectivity index (χ4v) is 4.62. The number of aromatic hydroxyl groups is 1. The highest BCUT2D eigenvalue weighted by atomic mass is 19.1. The Kier molecular flexibility index (Phi) is 5.21. The summed E-state index contributed by atoms with van der Waals surface area (Å²) in [6.07, 6.45) is 5.04. The van der Waals surface area contributed by atoms with E-state index in [9.17, 15) is 9.50 Å². The summed E-state index contributed by atoms with van der Waals surface area (Å²) < 4.78 is 14.6. The number of hydrogen-bond donors (Lipinski definition) is 3. The number of aromatic nitrogens is 4. The summed E-state index contributed by atoms with van der Waals surface area (Å²) in [5, 5.41) is 28.9. The van der Waals surface area contributed by atoms with Crippen LogP contribution in [-0.2, 0) is 0 Å². The van der Waals surface area contributed by atoms with Crippen LogP contribution in [0.4, 0.5) is 10.2 Å². The van der Waals surface area contributed by atoms with Crippen LogP contribution in [0.15, 0.2) is 36.7 Å². The number of piperidine rings is 1. The van der Waals surface area contributed by atoms with E-state index in [0.29, 0.717) is 22.6 Å². The molecule has 3 heterocycles. The van der Waals surface area contributed by atoms with Gasteiger partial charge in [-0.2, -0.15) is 5.10 Å². The predicted octanol–water partition coefficient (Wildman–Crippen LogP) is 4.44. The van der Waals surface area contributed by atoms with Crippen LogP contribution >= 0.6 is 0 Å². The number of nitrogens with one attached hydrogen (secondary N) is 2. The minimum atomic E-state index is -0.464. The van der Waals surface area contributed by atoms with Gasteiger partial charge in [-0.25, -0.2) is 4.39 Å². The summed E-state index contributed by atoms with van der Waals surface area (Å²) in [4.78, 5) is 2.43. The lowest BCUT2D eigenvalue weighted by Crippen LogP contribution is -2.61. The van der Waals surface area contributed by atoms with Crippen LogP contribution in [0.2, 0.25) is 0 Å². The van der Waals surface area contributed by atoms with E-state index in [2.05, 4.69) is 65.4 Å². The van der Waals surface area contributed by atoms with Crippen LogP contribution in [0.1, 0.15) is 40.5 Å². The molecule has 0 amide bonds. The average Bonchev–Trinajstić information content (AvgIpc) is 3.22. The van der Waals surface area contributed by atoms with Crippen LogP contribution in [0.25, 0.3) is 22.4 Å². The first-order valence-electron chi connectivity index (χ1n) is 10.4. The molecule has 7 nitrogen and oxygen atoms in total. The predicted molar refractivity (Wildman–Crippen MR) is 119 cm³/mol. The molecule has 31 heavy (non-hydrogen) atoms. The van der Waals surface area contributed by atoms with Crippen molar-refractivity contribution < 1.29 is 9.50 Å². The van der Waals surface area contributed by atoms with Crippen molar-refractivity contribution >= 4 is 5.82 Å². The zero-order chi connectivity index (χ0) is 22.4. The van der Waals surface area contributed by atoms with E-state index in [-0.39, 0.29) is 28.4 Å². The molecule has 1 aliphatic rings. The lowest BCUT2D eigenvalue weighted by atomic mass is 9.77. The van der Waals surface area contributed by atoms with E-state index in [4.69, 9.17) is 0 Å². The van der Waals surface area contributed by atoms with Crippen LogP contribution < -0.4 is 5.32 Å². The van der Waals surface area contributed by atoms with Gasteiger partial charge in [-0.05, 0) is 71.8 Å². The number of aromatic amines is 1. The smallest absolute Gasteiger partial charge is 0.148 e. The Morgan fingerprint density at radius 3 is 2.39 bits per heavy atom. The number of nitrogens with zero attached hydrogens (tertiary/aromatic N) is 4. The van der Waals surface area contributed by atoms with E-state index in [1.807, 2.05) is 6.07 Å². The summed E-state index contributed by atoms with van der Waals surface area (Å²) >= 11 is 0. The minimum Gasteiger partial charge on any atom is -0.507 e. The minimum absolute atomic E-state index is 0.0623. The number of phenolic OH excluding ortho intramolecular Hbond substituents is 1. The summed E-state index contributed by atoms with van der Waals surface area (Å²) in [5.41, 5.74) is 1.66. The second kappa shape index (κ2) is 7.60. The Morgan fingerprint density at radius 2 is 1.81 bits per heavy atom. The fraction of sp³-hybridized carbons (Fsp3) is 0.435. The topological polar surface area (TPSA) is 90.0 Å². The molecule has 0 bridgehead atoms. The monoisotopic (exact) mass is 424 g/mol. The maximum atomic E-state index is 14.6. The number of phenols is 1. The maximum Gasteiger partial charge on any atom is 0.148 e. The first kappa shape index (κ1) is 21.2. The van der Waals surface area contributed by atoms with Gasteiger partial charge in [-0.1, -0.05) is 0 Å². The lowest BCUT2D eigenvalue weighted by molar-refractivity contribution is -0.00773. The number of halogens is 1. The van der Waals surface area contributed by atoms with Crippen LogP contribution in [-0.4, -0.2) is 54.6 Å². The molecule has 8 heteroatoms. The maximum absolute atomic E-state index is 14.6. The standard InChI is InChI=1S/C23H29FN6O/c1-22(2)10-15(11-23(3,4)30(22)5)27-21-7-6-19(28-29-21)17-8-18(24)16(9-20(17)31)14-12-25-26-13-14/h6-9,12-13,15,31H,10-11H2,1-5H3,(H,25,26)(H,27,29). The molecule has 1 saturated heterocycles. The van der Waals surface area contributed by atoms with Gasteiger partial charge in [0.25, 0.3) is 0 Å². The molecule has 1 aromatic carbocycles. The summed E-state index contributed by atoms with van der Waals surface area (Å²) in [6.45, 7) is 9.01. The molecule has 2 aromatic heterocycles. The third-order valence-corrected chi connectivity index (χ3v) is 6.49. The average molecular weight is 425 g/mol. The highest BCUT2D eigenvalue weighted by Gasteiger charge is 2.43. The summed E-state index contributed by atoms with van der Waals surface area (Å²) in [5.74, 6) is 0.139. The van der Waals surface area contributed by atoms with E-state index in [1.54, 1.807) is 12.3 Å². The number of hydrogen-bond acceptors (Lipinski definition) is 6. The second-order valence-electron chi connectivity index (χ2n) is 9.57. The number of rotatable bonds is 4. The van der Waals surface area contributed by atoms with Gasteiger partial charge in [0.1, 0.15) is 17.4 Å². The Hall–Kier alpha value is -3.00. The number of likely N-dealkylation sites (tertiary alicyclic amines) is 1. The molecule has 0 saturated carbocycles. The zero-order valence-corrected chi connectivity index (χ0v) is 18.6. The summed E-state index contributed by atoms with van der Waals surface area (Å²) in [7, 11) is 2.17. The fourth-order valence-electron chi connectivity index (χ4n) is 4.62. The van der Waals surface area contributed by atoms with Gasteiger partial charge < -0.3 is 10.4 Å². The molecule has 0 aliphatic carbocycles. The molecule has 4 rings (SSSR count). The Morgan fingerprint density at radius 1 is 1.10 bits per heavy atom. The Balaban J connectivity index is 1.53. The molecule has 0 radical (unpaired) electrons. The molecule has 0 atom stereocenters. The van der Waals surface area contributed by atoms with Crippen molar-refractivity contribution in [3.05, 3.63) is 42.5 Å². The first-order valence-corrected chi connectivity index (χ1v) is 10.4. The molecule has 164 valence electrons. The van der Waals surface area contributed by atoms with E-state index < -0.39 is 5.82 Å².